The molecule has 0 radical (unpaired) electrons. The highest BCUT2D eigenvalue weighted by Gasteiger charge is 2.31. The highest BCUT2D eigenvalue weighted by Crippen LogP contribution is 2.33. The second-order valence-electron chi connectivity index (χ2n) is 8.74. The SMILES string of the molecule is CC(C)CNC(=O)N(C)C1CCC(CC(C)COC(=O)N(C)C2COC2)C1. The summed E-state index contributed by atoms with van der Waals surface area (Å²) in [6.07, 6.45) is 3.98. The molecule has 7 heteroatoms. The van der Waals surface area contributed by atoms with Gasteiger partial charge in [0.05, 0.1) is 25.9 Å². The van der Waals surface area contributed by atoms with Crippen molar-refractivity contribution < 1.29 is 19.1 Å². The van der Waals surface area contributed by atoms with Crippen molar-refractivity contribution >= 4 is 12.1 Å². The number of nitrogens with one attached hydrogen (secondary N) is 1. The standard InChI is InChI=1S/C20H37N3O4/c1-14(2)10-21-19(24)22(4)17-7-6-16(9-17)8-15(3)11-27-20(25)23(5)18-12-26-13-18/h14-18H,6-13H2,1-5H3,(H,21,24). The van der Waals surface area contributed by atoms with E-state index in [1.165, 1.54) is 0 Å². The van der Waals surface area contributed by atoms with Crippen molar-refractivity contribution in [3.63, 3.8) is 0 Å². The molecular weight excluding hydrogens is 346 g/mol. The predicted octanol–water partition coefficient (Wildman–Crippen LogP) is 2.95. The number of likely N-dealkylation sites (N-methyl/N-ethyl adjacent to an activating group) is 1. The molecule has 0 bridgehead atoms. The fourth-order valence-corrected chi connectivity index (χ4v) is 3.74. The van der Waals surface area contributed by atoms with Crippen LogP contribution in [-0.4, -0.2) is 74.5 Å². The van der Waals surface area contributed by atoms with Gasteiger partial charge in [-0.05, 0) is 43.4 Å². The molecule has 0 spiro atoms. The van der Waals surface area contributed by atoms with E-state index in [0.717, 1.165) is 25.7 Å². The van der Waals surface area contributed by atoms with Gasteiger partial charge in [0, 0.05) is 26.7 Å². The van der Waals surface area contributed by atoms with E-state index in [-0.39, 0.29) is 18.2 Å². The van der Waals surface area contributed by atoms with E-state index >= 15 is 0 Å². The molecule has 1 saturated carbocycles. The molecule has 2 fully saturated rings. The molecule has 156 valence electrons. The lowest BCUT2D eigenvalue weighted by molar-refractivity contribution is -0.0534. The highest BCUT2D eigenvalue weighted by molar-refractivity contribution is 5.74. The number of amides is 3. The predicted molar refractivity (Wildman–Crippen MR) is 105 cm³/mol. The van der Waals surface area contributed by atoms with Crippen molar-refractivity contribution in [2.24, 2.45) is 17.8 Å². The van der Waals surface area contributed by atoms with Crippen molar-refractivity contribution in [3.8, 4) is 0 Å². The fraction of sp³-hybridized carbons (Fsp3) is 0.900. The number of ether oxygens (including phenoxy) is 2. The van der Waals surface area contributed by atoms with Gasteiger partial charge in [-0.2, -0.15) is 0 Å². The van der Waals surface area contributed by atoms with Crippen LogP contribution >= 0.6 is 0 Å². The van der Waals surface area contributed by atoms with Gasteiger partial charge >= 0.3 is 12.1 Å². The molecule has 0 aromatic heterocycles. The van der Waals surface area contributed by atoms with E-state index in [2.05, 4.69) is 26.1 Å². The summed E-state index contributed by atoms with van der Waals surface area (Å²) < 4.78 is 10.6. The molecule has 3 amide bonds. The quantitative estimate of drug-likeness (QED) is 0.699. The Hall–Kier alpha value is -1.50. The van der Waals surface area contributed by atoms with E-state index < -0.39 is 0 Å². The van der Waals surface area contributed by atoms with Crippen LogP contribution in [-0.2, 0) is 9.47 Å². The van der Waals surface area contributed by atoms with Crippen LogP contribution in [0.4, 0.5) is 9.59 Å². The van der Waals surface area contributed by atoms with Gasteiger partial charge in [-0.25, -0.2) is 9.59 Å². The normalized spacial score (nSPS) is 23.6. The summed E-state index contributed by atoms with van der Waals surface area (Å²) in [5, 5.41) is 2.99. The molecule has 2 rings (SSSR count). The molecule has 27 heavy (non-hydrogen) atoms. The van der Waals surface area contributed by atoms with Crippen LogP contribution in [0.1, 0.15) is 46.5 Å². The third-order valence-corrected chi connectivity index (χ3v) is 5.73. The van der Waals surface area contributed by atoms with Crippen molar-refractivity contribution in [3.05, 3.63) is 0 Å². The molecular formula is C20H37N3O4. The molecule has 2 aliphatic rings. The summed E-state index contributed by atoms with van der Waals surface area (Å²) in [5.41, 5.74) is 0. The summed E-state index contributed by atoms with van der Waals surface area (Å²) in [6.45, 7) is 8.68. The summed E-state index contributed by atoms with van der Waals surface area (Å²) in [7, 11) is 3.66. The number of hydrogen-bond acceptors (Lipinski definition) is 4. The largest absolute Gasteiger partial charge is 0.449 e. The van der Waals surface area contributed by atoms with Crippen LogP contribution in [0.2, 0.25) is 0 Å². The average Bonchev–Trinajstić information content (AvgIpc) is 3.03. The van der Waals surface area contributed by atoms with Crippen LogP contribution in [0.25, 0.3) is 0 Å². The fourth-order valence-electron chi connectivity index (χ4n) is 3.74. The number of hydrogen-bond donors (Lipinski definition) is 1. The monoisotopic (exact) mass is 383 g/mol. The Kier molecular flexibility index (Phi) is 8.20. The number of rotatable bonds is 8. The first-order chi connectivity index (χ1) is 12.8. The van der Waals surface area contributed by atoms with Crippen molar-refractivity contribution in [2.45, 2.75) is 58.5 Å². The van der Waals surface area contributed by atoms with Gasteiger partial charge in [-0.3, -0.25) is 0 Å². The maximum absolute atomic E-state index is 12.2. The van der Waals surface area contributed by atoms with Crippen molar-refractivity contribution in [2.75, 3.05) is 40.5 Å². The van der Waals surface area contributed by atoms with Crippen molar-refractivity contribution in [1.82, 2.24) is 15.1 Å². The number of carbonyl (C=O) groups is 2. The minimum atomic E-state index is -0.263. The van der Waals surface area contributed by atoms with Crippen LogP contribution in [0, 0.1) is 17.8 Å². The zero-order valence-corrected chi connectivity index (χ0v) is 17.6. The molecule has 3 atom stereocenters. The zero-order valence-electron chi connectivity index (χ0n) is 17.6. The third kappa shape index (κ3) is 6.55. The molecule has 3 unspecified atom stereocenters. The molecule has 1 aliphatic heterocycles. The van der Waals surface area contributed by atoms with E-state index in [9.17, 15) is 9.59 Å². The molecule has 0 aromatic carbocycles. The summed E-state index contributed by atoms with van der Waals surface area (Å²) in [6, 6.07) is 0.488. The van der Waals surface area contributed by atoms with E-state index in [0.29, 0.717) is 50.2 Å². The van der Waals surface area contributed by atoms with Gasteiger partial charge in [0.25, 0.3) is 0 Å². The van der Waals surface area contributed by atoms with Gasteiger partial charge in [0.1, 0.15) is 0 Å². The lowest BCUT2D eigenvalue weighted by atomic mass is 9.95. The lowest BCUT2D eigenvalue weighted by Crippen LogP contribution is -2.49. The molecule has 7 nitrogen and oxygen atoms in total. The smallest absolute Gasteiger partial charge is 0.409 e. The van der Waals surface area contributed by atoms with Gasteiger partial charge in [-0.15, -0.1) is 0 Å². The first-order valence-corrected chi connectivity index (χ1v) is 10.3. The molecule has 0 aromatic rings. The topological polar surface area (TPSA) is 71.1 Å². The van der Waals surface area contributed by atoms with Crippen LogP contribution < -0.4 is 5.32 Å². The maximum Gasteiger partial charge on any atom is 0.409 e. The van der Waals surface area contributed by atoms with E-state index in [1.54, 1.807) is 11.9 Å². The second kappa shape index (κ2) is 10.2. The Balaban J connectivity index is 1.66. The Morgan fingerprint density at radius 1 is 1.11 bits per heavy atom. The lowest BCUT2D eigenvalue weighted by Gasteiger charge is -2.34. The van der Waals surface area contributed by atoms with Gasteiger partial charge < -0.3 is 24.6 Å². The van der Waals surface area contributed by atoms with E-state index in [4.69, 9.17) is 9.47 Å². The zero-order chi connectivity index (χ0) is 20.0. The molecule has 1 saturated heterocycles. The average molecular weight is 384 g/mol. The summed E-state index contributed by atoms with van der Waals surface area (Å²) in [4.78, 5) is 27.8. The molecule has 1 heterocycles. The Bertz CT molecular complexity index is 496. The van der Waals surface area contributed by atoms with Gasteiger partial charge in [0.2, 0.25) is 0 Å². The van der Waals surface area contributed by atoms with Gasteiger partial charge in [-0.1, -0.05) is 20.8 Å². The molecule has 1 aliphatic carbocycles. The number of urea groups is 1. The summed E-state index contributed by atoms with van der Waals surface area (Å²) in [5.74, 6) is 1.36. The summed E-state index contributed by atoms with van der Waals surface area (Å²) >= 11 is 0. The minimum absolute atomic E-state index is 0.0272. The van der Waals surface area contributed by atoms with Crippen LogP contribution in [0.15, 0.2) is 0 Å². The van der Waals surface area contributed by atoms with Crippen LogP contribution in [0.5, 0.6) is 0 Å². The first kappa shape index (κ1) is 21.8. The van der Waals surface area contributed by atoms with E-state index in [1.807, 2.05) is 11.9 Å². The second-order valence-corrected chi connectivity index (χ2v) is 8.74. The highest BCUT2D eigenvalue weighted by atomic mass is 16.6. The Morgan fingerprint density at radius 2 is 1.81 bits per heavy atom. The Morgan fingerprint density at radius 3 is 2.41 bits per heavy atom. The van der Waals surface area contributed by atoms with Gasteiger partial charge in [0.15, 0.2) is 0 Å². The Labute approximate surface area is 163 Å². The molecule has 1 N–H and O–H groups in total. The first-order valence-electron chi connectivity index (χ1n) is 10.3. The number of nitrogens with zero attached hydrogens (tertiary/aromatic N) is 2. The minimum Gasteiger partial charge on any atom is -0.449 e. The van der Waals surface area contributed by atoms with Crippen LogP contribution in [0.3, 0.4) is 0 Å². The third-order valence-electron chi connectivity index (χ3n) is 5.73. The number of carbonyl (C=O) groups excluding carboxylic acids is 2. The maximum atomic E-state index is 12.2. The van der Waals surface area contributed by atoms with Crippen molar-refractivity contribution in [1.29, 1.82) is 0 Å².